The zero-order chi connectivity index (χ0) is 15.3. The second kappa shape index (κ2) is 8.80. The molecule has 0 atom stereocenters. The highest BCUT2D eigenvalue weighted by Crippen LogP contribution is 2.18. The first kappa shape index (κ1) is 20.5. The molecule has 1 amide bonds. The number of nitrogens with zero attached hydrogens (tertiary/aromatic N) is 2. The number of amides is 1. The Kier molecular flexibility index (Phi) is 8.58. The summed E-state index contributed by atoms with van der Waals surface area (Å²) in [6, 6.07) is 0.142. The summed E-state index contributed by atoms with van der Waals surface area (Å²) < 4.78 is 37.6. The molecule has 0 aromatic carbocycles. The predicted molar refractivity (Wildman–Crippen MR) is 78.4 cm³/mol. The van der Waals surface area contributed by atoms with Gasteiger partial charge in [-0.3, -0.25) is 9.69 Å². The zero-order valence-corrected chi connectivity index (χ0v) is 13.3. The summed E-state index contributed by atoms with van der Waals surface area (Å²) in [5.41, 5.74) is 5.77. The summed E-state index contributed by atoms with van der Waals surface area (Å²) in [5.74, 6) is -0.442. The van der Waals surface area contributed by atoms with Crippen LogP contribution in [0.2, 0.25) is 0 Å². The molecule has 126 valence electrons. The SMILES string of the molecule is CC(C)CN(CC(F)(F)F)C(=O)CN1CCC(N)CC1.Cl. The lowest BCUT2D eigenvalue weighted by Gasteiger charge is -2.32. The Bertz CT molecular complexity index is 318. The highest BCUT2D eigenvalue weighted by Gasteiger charge is 2.33. The molecule has 1 rings (SSSR count). The average molecular weight is 332 g/mol. The predicted octanol–water partition coefficient (Wildman–Crippen LogP) is 1.88. The molecule has 0 aromatic rings. The third kappa shape index (κ3) is 8.48. The number of carbonyl (C=O) groups excluding carboxylic acids is 1. The van der Waals surface area contributed by atoms with Crippen molar-refractivity contribution in [3.8, 4) is 0 Å². The van der Waals surface area contributed by atoms with E-state index in [1.807, 2.05) is 4.90 Å². The Labute approximate surface area is 130 Å². The van der Waals surface area contributed by atoms with Crippen molar-refractivity contribution >= 4 is 18.3 Å². The normalized spacial score (nSPS) is 17.7. The van der Waals surface area contributed by atoms with Gasteiger partial charge in [0.05, 0.1) is 6.54 Å². The van der Waals surface area contributed by atoms with Crippen LogP contribution in [-0.4, -0.2) is 60.6 Å². The van der Waals surface area contributed by atoms with Gasteiger partial charge in [-0.25, -0.2) is 0 Å². The van der Waals surface area contributed by atoms with Crippen molar-refractivity contribution in [3.05, 3.63) is 0 Å². The summed E-state index contributed by atoms with van der Waals surface area (Å²) >= 11 is 0. The van der Waals surface area contributed by atoms with Crippen molar-refractivity contribution in [2.75, 3.05) is 32.7 Å². The first-order valence-electron chi connectivity index (χ1n) is 7.00. The van der Waals surface area contributed by atoms with E-state index >= 15 is 0 Å². The van der Waals surface area contributed by atoms with E-state index < -0.39 is 18.6 Å². The maximum absolute atomic E-state index is 12.5. The summed E-state index contributed by atoms with van der Waals surface area (Å²) in [5, 5.41) is 0. The van der Waals surface area contributed by atoms with Gasteiger partial charge in [0, 0.05) is 25.7 Å². The number of hydrogen-bond acceptors (Lipinski definition) is 3. The van der Waals surface area contributed by atoms with Crippen LogP contribution in [0.1, 0.15) is 26.7 Å². The van der Waals surface area contributed by atoms with Gasteiger partial charge in [0.25, 0.3) is 0 Å². The van der Waals surface area contributed by atoms with Gasteiger partial charge in [-0.15, -0.1) is 12.4 Å². The summed E-state index contributed by atoms with van der Waals surface area (Å²) in [6.07, 6.45) is -2.78. The van der Waals surface area contributed by atoms with Gasteiger partial charge in [0.1, 0.15) is 6.54 Å². The van der Waals surface area contributed by atoms with E-state index in [-0.39, 0.29) is 37.5 Å². The van der Waals surface area contributed by atoms with Crippen LogP contribution in [0.5, 0.6) is 0 Å². The van der Waals surface area contributed by atoms with Gasteiger partial charge >= 0.3 is 6.18 Å². The molecular weight excluding hydrogens is 307 g/mol. The van der Waals surface area contributed by atoms with Crippen LogP contribution in [0.4, 0.5) is 13.2 Å². The number of halogens is 4. The molecule has 1 heterocycles. The molecular formula is C13H25ClF3N3O. The van der Waals surface area contributed by atoms with Crippen molar-refractivity contribution in [2.45, 2.75) is 38.9 Å². The molecule has 1 saturated heterocycles. The number of rotatable bonds is 5. The number of nitrogens with two attached hydrogens (primary N) is 1. The molecule has 0 radical (unpaired) electrons. The minimum atomic E-state index is -4.35. The first-order valence-corrected chi connectivity index (χ1v) is 7.00. The number of likely N-dealkylation sites (tertiary alicyclic amines) is 1. The van der Waals surface area contributed by atoms with Crippen LogP contribution in [0.25, 0.3) is 0 Å². The van der Waals surface area contributed by atoms with E-state index in [1.54, 1.807) is 13.8 Å². The minimum absolute atomic E-state index is 0. The zero-order valence-electron chi connectivity index (χ0n) is 12.5. The molecule has 0 bridgehead atoms. The summed E-state index contributed by atoms with van der Waals surface area (Å²) in [4.78, 5) is 14.9. The van der Waals surface area contributed by atoms with E-state index in [9.17, 15) is 18.0 Å². The van der Waals surface area contributed by atoms with Crippen molar-refractivity contribution in [1.29, 1.82) is 0 Å². The average Bonchev–Trinajstić information content (AvgIpc) is 2.29. The fourth-order valence-corrected chi connectivity index (χ4v) is 2.31. The topological polar surface area (TPSA) is 49.6 Å². The van der Waals surface area contributed by atoms with E-state index in [0.717, 1.165) is 17.7 Å². The molecule has 1 aliphatic heterocycles. The fraction of sp³-hybridized carbons (Fsp3) is 0.923. The number of carbonyl (C=O) groups is 1. The second-order valence-electron chi connectivity index (χ2n) is 5.90. The van der Waals surface area contributed by atoms with Crippen LogP contribution in [0.15, 0.2) is 0 Å². The van der Waals surface area contributed by atoms with Gasteiger partial charge in [-0.2, -0.15) is 13.2 Å². The molecule has 4 nitrogen and oxygen atoms in total. The van der Waals surface area contributed by atoms with Crippen LogP contribution >= 0.6 is 12.4 Å². The Morgan fingerprint density at radius 1 is 1.33 bits per heavy atom. The van der Waals surface area contributed by atoms with E-state index in [2.05, 4.69) is 0 Å². The lowest BCUT2D eigenvalue weighted by Crippen LogP contribution is -2.48. The molecule has 2 N–H and O–H groups in total. The largest absolute Gasteiger partial charge is 0.406 e. The Balaban J connectivity index is 0.00000400. The summed E-state index contributed by atoms with van der Waals surface area (Å²) in [7, 11) is 0. The summed E-state index contributed by atoms with van der Waals surface area (Å²) in [6.45, 7) is 3.97. The van der Waals surface area contributed by atoms with Crippen molar-refractivity contribution in [2.24, 2.45) is 11.7 Å². The maximum atomic E-state index is 12.5. The number of piperidine rings is 1. The molecule has 8 heteroatoms. The van der Waals surface area contributed by atoms with Gasteiger partial charge in [-0.05, 0) is 18.8 Å². The second-order valence-corrected chi connectivity index (χ2v) is 5.90. The molecule has 0 aromatic heterocycles. The lowest BCUT2D eigenvalue weighted by molar-refractivity contribution is -0.162. The van der Waals surface area contributed by atoms with Crippen LogP contribution < -0.4 is 5.73 Å². The molecule has 0 aliphatic carbocycles. The Hall–Kier alpha value is -0.530. The van der Waals surface area contributed by atoms with E-state index in [0.29, 0.717) is 13.1 Å². The molecule has 1 aliphatic rings. The molecule has 21 heavy (non-hydrogen) atoms. The van der Waals surface area contributed by atoms with Gasteiger partial charge in [-0.1, -0.05) is 13.8 Å². The first-order chi connectivity index (χ1) is 9.17. The van der Waals surface area contributed by atoms with Crippen molar-refractivity contribution < 1.29 is 18.0 Å². The molecule has 0 unspecified atom stereocenters. The molecule has 0 saturated carbocycles. The van der Waals surface area contributed by atoms with Gasteiger partial charge in [0.2, 0.25) is 5.91 Å². The van der Waals surface area contributed by atoms with E-state index in [4.69, 9.17) is 5.73 Å². The van der Waals surface area contributed by atoms with Gasteiger partial charge in [0.15, 0.2) is 0 Å². The van der Waals surface area contributed by atoms with E-state index in [1.165, 1.54) is 0 Å². The van der Waals surface area contributed by atoms with Crippen molar-refractivity contribution in [1.82, 2.24) is 9.80 Å². The van der Waals surface area contributed by atoms with Crippen LogP contribution in [0.3, 0.4) is 0 Å². The highest BCUT2D eigenvalue weighted by atomic mass is 35.5. The third-order valence-electron chi connectivity index (χ3n) is 3.30. The quantitative estimate of drug-likeness (QED) is 0.837. The van der Waals surface area contributed by atoms with Crippen molar-refractivity contribution in [3.63, 3.8) is 0 Å². The Morgan fingerprint density at radius 2 is 1.86 bits per heavy atom. The van der Waals surface area contributed by atoms with Gasteiger partial charge < -0.3 is 10.6 Å². The monoisotopic (exact) mass is 331 g/mol. The standard InChI is InChI=1S/C13H24F3N3O.ClH/c1-10(2)7-19(9-13(14,15)16)12(20)8-18-5-3-11(17)4-6-18;/h10-11H,3-9,17H2,1-2H3;1H. The van der Waals surface area contributed by atoms with Crippen LogP contribution in [0, 0.1) is 5.92 Å². The number of alkyl halides is 3. The lowest BCUT2D eigenvalue weighted by atomic mass is 10.1. The molecule has 0 spiro atoms. The Morgan fingerprint density at radius 3 is 2.29 bits per heavy atom. The fourth-order valence-electron chi connectivity index (χ4n) is 2.31. The molecule has 1 fully saturated rings. The van der Waals surface area contributed by atoms with Crippen LogP contribution in [-0.2, 0) is 4.79 Å². The smallest absolute Gasteiger partial charge is 0.332 e. The third-order valence-corrected chi connectivity index (χ3v) is 3.30. The maximum Gasteiger partial charge on any atom is 0.406 e. The minimum Gasteiger partial charge on any atom is -0.332 e. The number of hydrogen-bond donors (Lipinski definition) is 1. The highest BCUT2D eigenvalue weighted by molar-refractivity contribution is 5.85.